The molecule has 25 heavy (non-hydrogen) atoms. The maximum absolute atomic E-state index is 12.0. The molecule has 6 heteroatoms. The number of hydrogen-bond acceptors (Lipinski definition) is 4. The second-order valence-electron chi connectivity index (χ2n) is 5.69. The minimum atomic E-state index is -0.810. The van der Waals surface area contributed by atoms with E-state index < -0.39 is 18.0 Å². The minimum absolute atomic E-state index is 0.361. The molecular weight excluding hydrogens is 386 g/mol. The van der Waals surface area contributed by atoms with Gasteiger partial charge < -0.3 is 14.8 Å². The van der Waals surface area contributed by atoms with E-state index in [2.05, 4.69) is 21.2 Å². The fourth-order valence-electron chi connectivity index (χ4n) is 2.08. The average molecular weight is 406 g/mol. The molecule has 0 saturated carbocycles. The third-order valence-corrected chi connectivity index (χ3v) is 4.00. The molecule has 0 heterocycles. The predicted molar refractivity (Wildman–Crippen MR) is 99.7 cm³/mol. The Hall–Kier alpha value is -2.34. The summed E-state index contributed by atoms with van der Waals surface area (Å²) in [5, 5.41) is 2.74. The zero-order valence-electron chi connectivity index (χ0n) is 14.3. The molecule has 2 aromatic rings. The van der Waals surface area contributed by atoms with Crippen molar-refractivity contribution in [1.82, 2.24) is 0 Å². The number of anilines is 1. The van der Waals surface area contributed by atoms with E-state index in [1.165, 1.54) is 0 Å². The molecule has 5 nitrogen and oxygen atoms in total. The highest BCUT2D eigenvalue weighted by Crippen LogP contribution is 2.18. The van der Waals surface area contributed by atoms with Gasteiger partial charge in [0.25, 0.3) is 5.91 Å². The topological polar surface area (TPSA) is 64.6 Å². The highest BCUT2D eigenvalue weighted by molar-refractivity contribution is 9.10. The Morgan fingerprint density at radius 2 is 1.80 bits per heavy atom. The molecule has 0 fully saturated rings. The van der Waals surface area contributed by atoms with E-state index >= 15 is 0 Å². The van der Waals surface area contributed by atoms with Crippen LogP contribution in [0.25, 0.3) is 0 Å². The zero-order valence-corrected chi connectivity index (χ0v) is 15.9. The maximum Gasteiger partial charge on any atom is 0.347 e. The van der Waals surface area contributed by atoms with Crippen LogP contribution in [0.15, 0.2) is 46.9 Å². The number of aryl methyl sites for hydroxylation is 2. The standard InChI is InChI=1S/C19H20BrNO4/c1-12-4-5-13(2)17(10-12)21-18(22)11-24-19(23)14(3)25-16-8-6-15(20)7-9-16/h4-10,14H,11H2,1-3H3,(H,21,22)/t14-/m0/s1. The molecule has 0 aliphatic heterocycles. The summed E-state index contributed by atoms with van der Waals surface area (Å²) in [4.78, 5) is 23.9. The fraction of sp³-hybridized carbons (Fsp3) is 0.263. The Kier molecular flexibility index (Phi) is 6.58. The van der Waals surface area contributed by atoms with Crippen LogP contribution in [0.3, 0.4) is 0 Å². The Bertz CT molecular complexity index is 759. The monoisotopic (exact) mass is 405 g/mol. The van der Waals surface area contributed by atoms with Crippen LogP contribution in [0.1, 0.15) is 18.1 Å². The summed E-state index contributed by atoms with van der Waals surface area (Å²) in [6, 6.07) is 12.9. The summed E-state index contributed by atoms with van der Waals surface area (Å²) in [6.07, 6.45) is -0.810. The molecule has 1 N–H and O–H groups in total. The maximum atomic E-state index is 12.0. The van der Waals surface area contributed by atoms with Gasteiger partial charge in [0, 0.05) is 10.2 Å². The van der Waals surface area contributed by atoms with Crippen molar-refractivity contribution in [2.24, 2.45) is 0 Å². The largest absolute Gasteiger partial charge is 0.479 e. The number of hydrogen-bond donors (Lipinski definition) is 1. The van der Waals surface area contributed by atoms with Gasteiger partial charge in [0.1, 0.15) is 5.75 Å². The first kappa shape index (κ1) is 19.0. The Labute approximate surface area is 155 Å². The highest BCUT2D eigenvalue weighted by atomic mass is 79.9. The van der Waals surface area contributed by atoms with Crippen LogP contribution in [0.5, 0.6) is 5.75 Å². The van der Waals surface area contributed by atoms with Crippen LogP contribution in [-0.4, -0.2) is 24.6 Å². The van der Waals surface area contributed by atoms with Crippen LogP contribution in [0, 0.1) is 13.8 Å². The van der Waals surface area contributed by atoms with Gasteiger partial charge in [-0.05, 0) is 62.2 Å². The van der Waals surface area contributed by atoms with Gasteiger partial charge in [-0.3, -0.25) is 4.79 Å². The summed E-state index contributed by atoms with van der Waals surface area (Å²) in [5.74, 6) is -0.440. The second-order valence-corrected chi connectivity index (χ2v) is 6.60. The molecule has 2 rings (SSSR count). The molecule has 0 unspecified atom stereocenters. The van der Waals surface area contributed by atoms with Crippen molar-refractivity contribution in [3.63, 3.8) is 0 Å². The average Bonchev–Trinajstić information content (AvgIpc) is 2.58. The van der Waals surface area contributed by atoms with Crippen LogP contribution in [0.2, 0.25) is 0 Å². The van der Waals surface area contributed by atoms with Gasteiger partial charge in [-0.15, -0.1) is 0 Å². The lowest BCUT2D eigenvalue weighted by Crippen LogP contribution is -2.29. The van der Waals surface area contributed by atoms with Gasteiger partial charge in [0.15, 0.2) is 12.7 Å². The van der Waals surface area contributed by atoms with Crippen molar-refractivity contribution < 1.29 is 19.1 Å². The van der Waals surface area contributed by atoms with E-state index in [1.807, 2.05) is 44.2 Å². The lowest BCUT2D eigenvalue weighted by molar-refractivity contribution is -0.153. The lowest BCUT2D eigenvalue weighted by atomic mass is 10.1. The van der Waals surface area contributed by atoms with Gasteiger partial charge in [0.05, 0.1) is 0 Å². The zero-order chi connectivity index (χ0) is 18.4. The van der Waals surface area contributed by atoms with Gasteiger partial charge in [0.2, 0.25) is 0 Å². The van der Waals surface area contributed by atoms with Gasteiger partial charge >= 0.3 is 5.97 Å². The third kappa shape index (κ3) is 5.90. The number of esters is 1. The molecule has 0 spiro atoms. The fourth-order valence-corrected chi connectivity index (χ4v) is 2.34. The van der Waals surface area contributed by atoms with Crippen molar-refractivity contribution in [2.75, 3.05) is 11.9 Å². The molecule has 1 amide bonds. The van der Waals surface area contributed by atoms with E-state index in [0.29, 0.717) is 11.4 Å². The summed E-state index contributed by atoms with van der Waals surface area (Å²) in [6.45, 7) is 5.05. The van der Waals surface area contributed by atoms with Gasteiger partial charge in [-0.25, -0.2) is 4.79 Å². The third-order valence-electron chi connectivity index (χ3n) is 3.47. The quantitative estimate of drug-likeness (QED) is 0.737. The number of nitrogens with one attached hydrogen (secondary N) is 1. The number of carbonyl (C=O) groups is 2. The Morgan fingerprint density at radius 1 is 1.12 bits per heavy atom. The Balaban J connectivity index is 1.83. The minimum Gasteiger partial charge on any atom is -0.479 e. The molecule has 0 bridgehead atoms. The molecule has 2 aromatic carbocycles. The SMILES string of the molecule is Cc1ccc(C)c(NC(=O)COC(=O)[C@H](C)Oc2ccc(Br)cc2)c1. The predicted octanol–water partition coefficient (Wildman–Crippen LogP) is 4.02. The smallest absolute Gasteiger partial charge is 0.347 e. The van der Waals surface area contributed by atoms with E-state index in [0.717, 1.165) is 15.6 Å². The van der Waals surface area contributed by atoms with E-state index in [9.17, 15) is 9.59 Å². The number of rotatable bonds is 6. The van der Waals surface area contributed by atoms with Crippen LogP contribution >= 0.6 is 15.9 Å². The van der Waals surface area contributed by atoms with Crippen LogP contribution < -0.4 is 10.1 Å². The van der Waals surface area contributed by atoms with Crippen molar-refractivity contribution >= 4 is 33.5 Å². The molecule has 0 saturated heterocycles. The number of halogens is 1. The summed E-state index contributed by atoms with van der Waals surface area (Å²) >= 11 is 3.33. The number of amides is 1. The molecular formula is C19H20BrNO4. The molecule has 0 radical (unpaired) electrons. The normalized spacial score (nSPS) is 11.5. The summed E-state index contributed by atoms with van der Waals surface area (Å²) in [5.41, 5.74) is 2.69. The van der Waals surface area contributed by atoms with Crippen molar-refractivity contribution in [1.29, 1.82) is 0 Å². The first-order valence-electron chi connectivity index (χ1n) is 7.81. The van der Waals surface area contributed by atoms with Crippen molar-refractivity contribution in [3.05, 3.63) is 58.1 Å². The molecule has 0 aliphatic rings. The number of benzene rings is 2. The van der Waals surface area contributed by atoms with Crippen molar-refractivity contribution in [2.45, 2.75) is 26.9 Å². The summed E-state index contributed by atoms with van der Waals surface area (Å²) < 4.78 is 11.4. The van der Waals surface area contributed by atoms with E-state index in [4.69, 9.17) is 9.47 Å². The Morgan fingerprint density at radius 3 is 2.48 bits per heavy atom. The van der Waals surface area contributed by atoms with E-state index in [1.54, 1.807) is 19.1 Å². The van der Waals surface area contributed by atoms with Crippen LogP contribution in [-0.2, 0) is 14.3 Å². The molecule has 0 aliphatic carbocycles. The molecule has 132 valence electrons. The van der Waals surface area contributed by atoms with E-state index in [-0.39, 0.29) is 6.61 Å². The summed E-state index contributed by atoms with van der Waals surface area (Å²) in [7, 11) is 0. The first-order chi connectivity index (χ1) is 11.8. The first-order valence-corrected chi connectivity index (χ1v) is 8.60. The lowest BCUT2D eigenvalue weighted by Gasteiger charge is -2.14. The van der Waals surface area contributed by atoms with Gasteiger partial charge in [-0.2, -0.15) is 0 Å². The highest BCUT2D eigenvalue weighted by Gasteiger charge is 2.18. The van der Waals surface area contributed by atoms with Crippen molar-refractivity contribution in [3.8, 4) is 5.75 Å². The number of carbonyl (C=O) groups excluding carboxylic acids is 2. The van der Waals surface area contributed by atoms with Crippen LogP contribution in [0.4, 0.5) is 5.69 Å². The number of ether oxygens (including phenoxy) is 2. The second kappa shape index (κ2) is 8.67. The molecule has 1 atom stereocenters. The molecule has 0 aromatic heterocycles. The van der Waals surface area contributed by atoms with Gasteiger partial charge in [-0.1, -0.05) is 28.1 Å².